The number of amides is 1. The van der Waals surface area contributed by atoms with Gasteiger partial charge in [-0.25, -0.2) is 0 Å². The van der Waals surface area contributed by atoms with Crippen molar-refractivity contribution >= 4 is 29.4 Å². The number of benzene rings is 1. The number of nitrogens with one attached hydrogen (secondary N) is 1. The molecule has 1 amide bonds. The highest BCUT2D eigenvalue weighted by molar-refractivity contribution is 6.58. The van der Waals surface area contributed by atoms with Gasteiger partial charge >= 0.3 is 0 Å². The number of hydrogen-bond donors (Lipinski definition) is 1. The first kappa shape index (κ1) is 17.4. The Bertz CT molecular complexity index is 1010. The molecule has 2 aromatic heterocycles. The average Bonchev–Trinajstić information content (AvgIpc) is 3.33. The predicted molar refractivity (Wildman–Crippen MR) is 97.6 cm³/mol. The van der Waals surface area contributed by atoms with Gasteiger partial charge < -0.3 is 14.6 Å². The SMILES string of the molecule is [B]C([B])([B])c1noc(-c2ccc3c(c2)OC[C@H]3NC(=O)c2ccnn2C)n1. The van der Waals surface area contributed by atoms with E-state index in [4.69, 9.17) is 32.8 Å². The van der Waals surface area contributed by atoms with Crippen molar-refractivity contribution < 1.29 is 14.1 Å². The van der Waals surface area contributed by atoms with Crippen LogP contribution < -0.4 is 10.1 Å². The van der Waals surface area contributed by atoms with Crippen LogP contribution in [0, 0.1) is 0 Å². The van der Waals surface area contributed by atoms with E-state index in [0.29, 0.717) is 23.6 Å². The Hall–Kier alpha value is -2.97. The Morgan fingerprint density at radius 2 is 2.15 bits per heavy atom. The molecule has 6 radical (unpaired) electrons. The topological polar surface area (TPSA) is 95.1 Å². The highest BCUT2D eigenvalue weighted by Crippen LogP contribution is 2.35. The number of hydrogen-bond acceptors (Lipinski definition) is 6. The molecule has 3 heterocycles. The van der Waals surface area contributed by atoms with Crippen molar-refractivity contribution in [2.75, 3.05) is 6.61 Å². The van der Waals surface area contributed by atoms with Crippen LogP contribution in [0.15, 0.2) is 35.0 Å². The van der Waals surface area contributed by atoms with Crippen molar-refractivity contribution in [3.8, 4) is 17.2 Å². The Balaban J connectivity index is 1.55. The lowest BCUT2D eigenvalue weighted by Crippen LogP contribution is -2.30. The lowest BCUT2D eigenvalue weighted by Gasteiger charge is -2.12. The molecule has 11 heteroatoms. The molecule has 128 valence electrons. The molecule has 8 nitrogen and oxygen atoms in total. The Morgan fingerprint density at radius 1 is 1.33 bits per heavy atom. The number of aryl methyl sites for hydroxylation is 1. The molecule has 0 spiro atoms. The van der Waals surface area contributed by atoms with Gasteiger partial charge in [0.05, 0.1) is 29.6 Å². The van der Waals surface area contributed by atoms with E-state index in [1.807, 2.05) is 6.07 Å². The maximum atomic E-state index is 12.4. The number of fused-ring (bicyclic) bond motifs is 1. The third kappa shape index (κ3) is 3.25. The summed E-state index contributed by atoms with van der Waals surface area (Å²) in [6.45, 7) is 0.314. The van der Waals surface area contributed by atoms with E-state index in [2.05, 4.69) is 20.6 Å². The van der Waals surface area contributed by atoms with Crippen LogP contribution in [0.25, 0.3) is 11.5 Å². The Kier molecular flexibility index (Phi) is 4.09. The van der Waals surface area contributed by atoms with Crippen LogP contribution in [0.3, 0.4) is 0 Å². The van der Waals surface area contributed by atoms with Crippen molar-refractivity contribution in [3.05, 3.63) is 47.5 Å². The average molecular weight is 355 g/mol. The Morgan fingerprint density at radius 3 is 2.81 bits per heavy atom. The van der Waals surface area contributed by atoms with Gasteiger partial charge in [0, 0.05) is 24.4 Å². The summed E-state index contributed by atoms with van der Waals surface area (Å²) in [5, 5.41) is 8.93. The van der Waals surface area contributed by atoms with Gasteiger partial charge in [0.1, 0.15) is 18.1 Å². The van der Waals surface area contributed by atoms with E-state index >= 15 is 0 Å². The molecule has 1 aliphatic heterocycles. The molecule has 0 bridgehead atoms. The summed E-state index contributed by atoms with van der Waals surface area (Å²) in [4.78, 5) is 16.5. The monoisotopic (exact) mass is 355 g/mol. The lowest BCUT2D eigenvalue weighted by atomic mass is 9.42. The molecule has 4 rings (SSSR count). The quantitative estimate of drug-likeness (QED) is 0.660. The molecule has 0 unspecified atom stereocenters. The van der Waals surface area contributed by atoms with E-state index in [1.165, 1.54) is 4.68 Å². The summed E-state index contributed by atoms with van der Waals surface area (Å²) in [7, 11) is 18.4. The van der Waals surface area contributed by atoms with Gasteiger partial charge in [-0.05, 0) is 18.2 Å². The molecule has 0 saturated heterocycles. The molecule has 0 saturated carbocycles. The van der Waals surface area contributed by atoms with Gasteiger partial charge in [-0.2, -0.15) is 10.1 Å². The second-order valence-electron chi connectivity index (χ2n) is 6.29. The number of carbonyl (C=O) groups excluding carboxylic acids is 1. The first-order valence-electron chi connectivity index (χ1n) is 8.10. The summed E-state index contributed by atoms with van der Waals surface area (Å²) < 4.78 is 12.4. The summed E-state index contributed by atoms with van der Waals surface area (Å²) in [5.41, 5.74) is 1.93. The standard InChI is InChI=1S/C16H12B3N5O3/c1-24-11(4-5-20-24)13(25)21-10-7-26-12-6-8(2-3-9(10)12)14-22-15(23-27-14)16(17,18)19/h2-6,10H,7H2,1H3,(H,21,25)/t10-/m1/s1. The first-order valence-corrected chi connectivity index (χ1v) is 8.10. The maximum absolute atomic E-state index is 12.4. The molecule has 0 aliphatic carbocycles. The van der Waals surface area contributed by atoms with Crippen LogP contribution >= 0.6 is 0 Å². The Labute approximate surface area is 158 Å². The highest BCUT2D eigenvalue weighted by Gasteiger charge is 2.28. The fourth-order valence-corrected chi connectivity index (χ4v) is 2.81. The molecule has 3 aromatic rings. The van der Waals surface area contributed by atoms with Gasteiger partial charge in [0.2, 0.25) is 0 Å². The molecular weight excluding hydrogens is 343 g/mol. The van der Waals surface area contributed by atoms with E-state index in [1.54, 1.807) is 31.4 Å². The minimum absolute atomic E-state index is 0.0137. The van der Waals surface area contributed by atoms with Crippen LogP contribution in [0.5, 0.6) is 5.75 Å². The molecule has 1 aliphatic rings. The van der Waals surface area contributed by atoms with Crippen LogP contribution in [0.1, 0.15) is 27.9 Å². The molecule has 27 heavy (non-hydrogen) atoms. The van der Waals surface area contributed by atoms with Crippen LogP contribution in [0.4, 0.5) is 0 Å². The summed E-state index contributed by atoms with van der Waals surface area (Å²) in [6, 6.07) is 6.72. The minimum atomic E-state index is -1.68. The fraction of sp³-hybridized carbons (Fsp3) is 0.250. The highest BCUT2D eigenvalue weighted by atomic mass is 16.5. The second-order valence-corrected chi connectivity index (χ2v) is 6.29. The number of rotatable bonds is 4. The van der Waals surface area contributed by atoms with Crippen LogP contribution in [-0.2, 0) is 12.2 Å². The molecule has 1 atom stereocenters. The van der Waals surface area contributed by atoms with E-state index in [9.17, 15) is 4.79 Å². The van der Waals surface area contributed by atoms with E-state index in [-0.39, 0.29) is 23.7 Å². The van der Waals surface area contributed by atoms with Gasteiger partial charge in [-0.15, -0.1) is 0 Å². The smallest absolute Gasteiger partial charge is 0.270 e. The van der Waals surface area contributed by atoms with Crippen molar-refractivity contribution in [2.24, 2.45) is 7.05 Å². The van der Waals surface area contributed by atoms with Gasteiger partial charge in [-0.1, -0.05) is 16.3 Å². The van der Waals surface area contributed by atoms with E-state index in [0.717, 1.165) is 5.56 Å². The normalized spacial score (nSPS) is 16.0. The zero-order chi connectivity index (χ0) is 19.2. The zero-order valence-electron chi connectivity index (χ0n) is 14.4. The first-order chi connectivity index (χ1) is 12.8. The number of carbonyl (C=O) groups is 1. The second kappa shape index (κ2) is 6.33. The van der Waals surface area contributed by atoms with Crippen LogP contribution in [-0.4, -0.2) is 56.0 Å². The van der Waals surface area contributed by atoms with Gasteiger partial charge in [-0.3, -0.25) is 9.48 Å². The third-order valence-electron chi connectivity index (χ3n) is 4.21. The van der Waals surface area contributed by atoms with Crippen molar-refractivity contribution in [2.45, 2.75) is 11.2 Å². The zero-order valence-corrected chi connectivity index (χ0v) is 14.4. The van der Waals surface area contributed by atoms with E-state index < -0.39 is 5.11 Å². The third-order valence-corrected chi connectivity index (χ3v) is 4.21. The van der Waals surface area contributed by atoms with Gasteiger partial charge in [0.15, 0.2) is 5.82 Å². The minimum Gasteiger partial charge on any atom is -0.491 e. The maximum Gasteiger partial charge on any atom is 0.270 e. The summed E-state index contributed by atoms with van der Waals surface area (Å²) >= 11 is 0. The molecular formula is C16H12B3N5O3. The van der Waals surface area contributed by atoms with Crippen molar-refractivity contribution in [3.63, 3.8) is 0 Å². The summed E-state index contributed by atoms with van der Waals surface area (Å²) in [6.07, 6.45) is 1.57. The number of aromatic nitrogens is 4. The molecule has 1 N–H and O–H groups in total. The summed E-state index contributed by atoms with van der Waals surface area (Å²) in [5.74, 6) is 0.582. The predicted octanol–water partition coefficient (Wildman–Crippen LogP) is -0.0506. The molecule has 1 aromatic carbocycles. The van der Waals surface area contributed by atoms with Crippen molar-refractivity contribution in [1.82, 2.24) is 25.2 Å². The number of ether oxygens (including phenoxy) is 1. The van der Waals surface area contributed by atoms with Crippen molar-refractivity contribution in [1.29, 1.82) is 0 Å². The largest absolute Gasteiger partial charge is 0.491 e. The molecule has 0 fully saturated rings. The van der Waals surface area contributed by atoms with Crippen LogP contribution in [0.2, 0.25) is 0 Å². The number of nitrogens with zero attached hydrogens (tertiary/aromatic N) is 4. The lowest BCUT2D eigenvalue weighted by molar-refractivity contribution is 0.0920. The van der Waals surface area contributed by atoms with Gasteiger partial charge in [0.25, 0.3) is 11.8 Å². The fourth-order valence-electron chi connectivity index (χ4n) is 2.81.